The van der Waals surface area contributed by atoms with E-state index in [1.807, 2.05) is 0 Å². The Morgan fingerprint density at radius 3 is 2.77 bits per heavy atom. The topological polar surface area (TPSA) is 34.9 Å². The Hall–Kier alpha value is -2.01. The highest BCUT2D eigenvalue weighted by Gasteiger charge is 2.19. The second-order valence-electron chi connectivity index (χ2n) is 5.70. The third kappa shape index (κ3) is 2.25. The smallest absolute Gasteiger partial charge is 0.262 e. The number of aromatic nitrogens is 2. The van der Waals surface area contributed by atoms with Crippen LogP contribution in [0.2, 0.25) is 0 Å². The fourth-order valence-corrected chi connectivity index (χ4v) is 4.30. The van der Waals surface area contributed by atoms with Gasteiger partial charge in [-0.1, -0.05) is 12.1 Å². The molecule has 0 bridgehead atoms. The summed E-state index contributed by atoms with van der Waals surface area (Å²) in [4.78, 5) is 19.4. The molecule has 0 unspecified atom stereocenters. The molecule has 0 amide bonds. The first-order chi connectivity index (χ1) is 10.7. The predicted molar refractivity (Wildman–Crippen MR) is 86.0 cm³/mol. The molecule has 0 fully saturated rings. The van der Waals surface area contributed by atoms with Crippen molar-refractivity contribution >= 4 is 21.6 Å². The normalized spacial score (nSPS) is 14.2. The van der Waals surface area contributed by atoms with Crippen molar-refractivity contribution in [2.45, 2.75) is 32.2 Å². The molecule has 0 N–H and O–H groups in total. The summed E-state index contributed by atoms with van der Waals surface area (Å²) in [6, 6.07) is 6.24. The van der Waals surface area contributed by atoms with Gasteiger partial charge in [-0.05, 0) is 48.9 Å². The molecule has 0 radical (unpaired) electrons. The number of halogens is 1. The van der Waals surface area contributed by atoms with Crippen LogP contribution in [0.1, 0.15) is 28.8 Å². The number of thiophene rings is 1. The monoisotopic (exact) mass is 314 g/mol. The van der Waals surface area contributed by atoms with E-state index in [-0.39, 0.29) is 11.4 Å². The number of hydrogen-bond acceptors (Lipinski definition) is 3. The van der Waals surface area contributed by atoms with E-state index in [1.54, 1.807) is 34.4 Å². The molecule has 1 aromatic carbocycles. The van der Waals surface area contributed by atoms with Gasteiger partial charge in [-0.15, -0.1) is 11.3 Å². The van der Waals surface area contributed by atoms with Crippen molar-refractivity contribution in [1.29, 1.82) is 0 Å². The van der Waals surface area contributed by atoms with Crippen molar-refractivity contribution in [2.24, 2.45) is 0 Å². The molecule has 0 saturated carbocycles. The van der Waals surface area contributed by atoms with E-state index in [9.17, 15) is 9.18 Å². The van der Waals surface area contributed by atoms with E-state index < -0.39 is 0 Å². The van der Waals surface area contributed by atoms with Crippen molar-refractivity contribution in [3.8, 4) is 0 Å². The molecule has 0 saturated heterocycles. The number of aryl methyl sites for hydroxylation is 2. The van der Waals surface area contributed by atoms with Gasteiger partial charge in [0.1, 0.15) is 10.6 Å². The minimum Gasteiger partial charge on any atom is -0.294 e. The van der Waals surface area contributed by atoms with Crippen LogP contribution < -0.4 is 5.56 Å². The largest absolute Gasteiger partial charge is 0.294 e. The zero-order valence-electron chi connectivity index (χ0n) is 12.0. The van der Waals surface area contributed by atoms with Crippen molar-refractivity contribution in [3.63, 3.8) is 0 Å². The summed E-state index contributed by atoms with van der Waals surface area (Å²) in [6.45, 7) is 0.423. The Balaban J connectivity index is 1.80. The molecule has 4 rings (SSSR count). The maximum absolute atomic E-state index is 13.0. The van der Waals surface area contributed by atoms with E-state index in [1.165, 1.54) is 29.0 Å². The van der Waals surface area contributed by atoms with E-state index in [0.29, 0.717) is 6.54 Å². The fraction of sp³-hybridized carbons (Fsp3) is 0.294. The summed E-state index contributed by atoms with van der Waals surface area (Å²) in [6.07, 6.45) is 5.99. The van der Waals surface area contributed by atoms with Gasteiger partial charge in [-0.2, -0.15) is 0 Å². The third-order valence-electron chi connectivity index (χ3n) is 4.21. The van der Waals surface area contributed by atoms with Crippen LogP contribution >= 0.6 is 11.3 Å². The number of fused-ring (bicyclic) bond motifs is 3. The average Bonchev–Trinajstić information content (AvgIpc) is 2.91. The van der Waals surface area contributed by atoms with Crippen molar-refractivity contribution < 1.29 is 4.39 Å². The maximum atomic E-state index is 13.0. The van der Waals surface area contributed by atoms with Gasteiger partial charge in [0.05, 0.1) is 18.3 Å². The first kappa shape index (κ1) is 13.6. The number of rotatable bonds is 2. The van der Waals surface area contributed by atoms with E-state index in [0.717, 1.165) is 35.0 Å². The molecule has 3 aromatic rings. The maximum Gasteiger partial charge on any atom is 0.262 e. The first-order valence-corrected chi connectivity index (χ1v) is 8.28. The van der Waals surface area contributed by atoms with Crippen LogP contribution in [0.15, 0.2) is 35.4 Å². The number of benzene rings is 1. The lowest BCUT2D eigenvalue weighted by molar-refractivity contribution is 0.626. The number of nitrogens with zero attached hydrogens (tertiary/aromatic N) is 2. The second-order valence-corrected chi connectivity index (χ2v) is 6.78. The highest BCUT2D eigenvalue weighted by atomic mass is 32.1. The quantitative estimate of drug-likeness (QED) is 0.725. The Labute approximate surface area is 131 Å². The van der Waals surface area contributed by atoms with Crippen molar-refractivity contribution in [3.05, 3.63) is 62.8 Å². The van der Waals surface area contributed by atoms with Gasteiger partial charge >= 0.3 is 0 Å². The summed E-state index contributed by atoms with van der Waals surface area (Å²) in [5.41, 5.74) is 2.12. The second kappa shape index (κ2) is 5.32. The lowest BCUT2D eigenvalue weighted by Gasteiger charge is -2.10. The van der Waals surface area contributed by atoms with Crippen LogP contribution in [0, 0.1) is 5.82 Å². The van der Waals surface area contributed by atoms with E-state index in [2.05, 4.69) is 4.98 Å². The van der Waals surface area contributed by atoms with Gasteiger partial charge in [0, 0.05) is 4.88 Å². The Kier molecular flexibility index (Phi) is 3.30. The van der Waals surface area contributed by atoms with Gasteiger partial charge in [0.25, 0.3) is 5.56 Å². The molecule has 22 heavy (non-hydrogen) atoms. The molecule has 1 aliphatic rings. The third-order valence-corrected chi connectivity index (χ3v) is 5.41. The SMILES string of the molecule is O=c1c2c3c(sc2ncn1Cc1ccc(F)cc1)CCCC3. The van der Waals surface area contributed by atoms with Crippen molar-refractivity contribution in [1.82, 2.24) is 9.55 Å². The number of hydrogen-bond donors (Lipinski definition) is 0. The average molecular weight is 314 g/mol. The summed E-state index contributed by atoms with van der Waals surface area (Å²) < 4.78 is 14.6. The Bertz CT molecular complexity index is 895. The first-order valence-electron chi connectivity index (χ1n) is 7.46. The predicted octanol–water partition coefficient (Wildman–Crippen LogP) is 3.52. The van der Waals surface area contributed by atoms with Gasteiger partial charge in [0.2, 0.25) is 0 Å². The summed E-state index contributed by atoms with van der Waals surface area (Å²) in [5, 5.41) is 0.796. The molecule has 2 heterocycles. The summed E-state index contributed by atoms with van der Waals surface area (Å²) in [7, 11) is 0. The van der Waals surface area contributed by atoms with Crippen LogP contribution in [-0.2, 0) is 19.4 Å². The van der Waals surface area contributed by atoms with Gasteiger partial charge < -0.3 is 0 Å². The Morgan fingerprint density at radius 1 is 1.18 bits per heavy atom. The summed E-state index contributed by atoms with van der Waals surface area (Å²) >= 11 is 1.66. The molecular formula is C17H15FN2OS. The van der Waals surface area contributed by atoms with Gasteiger partial charge in [0.15, 0.2) is 0 Å². The molecule has 0 atom stereocenters. The molecule has 0 spiro atoms. The molecule has 1 aliphatic carbocycles. The van der Waals surface area contributed by atoms with Crippen LogP contribution in [0.3, 0.4) is 0 Å². The molecular weight excluding hydrogens is 299 g/mol. The van der Waals surface area contributed by atoms with E-state index >= 15 is 0 Å². The zero-order chi connectivity index (χ0) is 15.1. The van der Waals surface area contributed by atoms with Crippen LogP contribution in [0.5, 0.6) is 0 Å². The molecule has 5 heteroatoms. The highest BCUT2D eigenvalue weighted by molar-refractivity contribution is 7.18. The van der Waals surface area contributed by atoms with Gasteiger partial charge in [-0.3, -0.25) is 9.36 Å². The van der Waals surface area contributed by atoms with Crippen LogP contribution in [-0.4, -0.2) is 9.55 Å². The zero-order valence-corrected chi connectivity index (χ0v) is 12.8. The lowest BCUT2D eigenvalue weighted by Crippen LogP contribution is -2.21. The highest BCUT2D eigenvalue weighted by Crippen LogP contribution is 2.33. The minimum atomic E-state index is -0.267. The van der Waals surface area contributed by atoms with Crippen molar-refractivity contribution in [2.75, 3.05) is 0 Å². The lowest BCUT2D eigenvalue weighted by atomic mass is 9.97. The molecule has 2 aromatic heterocycles. The summed E-state index contributed by atoms with van der Waals surface area (Å²) in [5.74, 6) is -0.267. The van der Waals surface area contributed by atoms with Gasteiger partial charge in [-0.25, -0.2) is 9.37 Å². The fourth-order valence-electron chi connectivity index (χ4n) is 3.08. The molecule has 0 aliphatic heterocycles. The van der Waals surface area contributed by atoms with E-state index in [4.69, 9.17) is 0 Å². The standard InChI is InChI=1S/C17H15FN2OS/c18-12-7-5-11(6-8-12)9-20-10-19-16-15(17(20)21)13-3-1-2-4-14(13)22-16/h5-8,10H,1-4,9H2. The minimum absolute atomic E-state index is 0.0220. The van der Waals surface area contributed by atoms with Crippen LogP contribution in [0.25, 0.3) is 10.2 Å². The Morgan fingerprint density at radius 2 is 1.95 bits per heavy atom. The molecule has 112 valence electrons. The molecule has 3 nitrogen and oxygen atoms in total. The van der Waals surface area contributed by atoms with Crippen LogP contribution in [0.4, 0.5) is 4.39 Å².